The normalized spacial score (nSPS) is 28.4. The Labute approximate surface area is 89.1 Å². The van der Waals surface area contributed by atoms with E-state index in [2.05, 4.69) is 10.2 Å². The van der Waals surface area contributed by atoms with Crippen molar-refractivity contribution < 1.29 is 19.9 Å². The van der Waals surface area contributed by atoms with Gasteiger partial charge in [0.2, 0.25) is 0 Å². The number of H-pyrrole nitrogens is 1. The van der Waals surface area contributed by atoms with Crippen LogP contribution in [0.3, 0.4) is 0 Å². The predicted molar refractivity (Wildman–Crippen MR) is 49.8 cm³/mol. The second kappa shape index (κ2) is 3.27. The smallest absolute Gasteiger partial charge is 0.346 e. The minimum Gasteiger partial charge on any atom is -0.481 e. The van der Waals surface area contributed by atoms with Gasteiger partial charge in [-0.25, -0.2) is 0 Å². The van der Waals surface area contributed by atoms with Crippen LogP contribution >= 0.6 is 0 Å². The largest absolute Gasteiger partial charge is 0.481 e. The summed E-state index contributed by atoms with van der Waals surface area (Å²) in [6.45, 7) is 0. The summed E-state index contributed by atoms with van der Waals surface area (Å²) in [6, 6.07) is 0. The zero-order valence-corrected chi connectivity index (χ0v) is 8.08. The Balaban J connectivity index is 2.45. The van der Waals surface area contributed by atoms with Gasteiger partial charge in [0.15, 0.2) is 0 Å². The van der Waals surface area contributed by atoms with Gasteiger partial charge in [-0.1, -0.05) is 5.10 Å². The summed E-state index contributed by atoms with van der Waals surface area (Å²) >= 11 is 0. The number of aromatic amines is 1. The van der Waals surface area contributed by atoms with Gasteiger partial charge >= 0.3 is 11.8 Å². The van der Waals surface area contributed by atoms with Crippen molar-refractivity contribution in [2.75, 3.05) is 0 Å². The summed E-state index contributed by atoms with van der Waals surface area (Å²) in [5, 5.41) is 34.6. The van der Waals surface area contributed by atoms with E-state index < -0.39 is 28.2 Å². The van der Waals surface area contributed by atoms with E-state index in [1.54, 1.807) is 0 Å². The first kappa shape index (κ1) is 10.6. The van der Waals surface area contributed by atoms with Crippen LogP contribution in [0.25, 0.3) is 0 Å². The van der Waals surface area contributed by atoms with Crippen molar-refractivity contribution in [1.82, 2.24) is 10.2 Å². The van der Waals surface area contributed by atoms with Crippen LogP contribution in [0, 0.1) is 10.1 Å². The zero-order valence-electron chi connectivity index (χ0n) is 8.08. The molecule has 0 aliphatic heterocycles. The standard InChI is InChI=1S/C8H9N3O5/c12-4-1-8(2-4,7(13)14)5-3-9-10-6(5)11(15)16/h3-4,12H,1-2H2,(H,9,10)(H,13,14). The molecular weight excluding hydrogens is 218 g/mol. The molecule has 16 heavy (non-hydrogen) atoms. The molecule has 0 saturated heterocycles. The van der Waals surface area contributed by atoms with Gasteiger partial charge in [0.05, 0.1) is 17.9 Å². The molecule has 3 N–H and O–H groups in total. The summed E-state index contributed by atoms with van der Waals surface area (Å²) in [4.78, 5) is 21.1. The first-order chi connectivity index (χ1) is 7.47. The maximum Gasteiger partial charge on any atom is 0.346 e. The van der Waals surface area contributed by atoms with E-state index in [9.17, 15) is 20.0 Å². The third-order valence-electron chi connectivity index (χ3n) is 2.89. The van der Waals surface area contributed by atoms with Gasteiger partial charge in [-0.15, -0.1) is 5.10 Å². The van der Waals surface area contributed by atoms with Crippen LogP contribution in [0.2, 0.25) is 0 Å². The Morgan fingerprint density at radius 3 is 2.75 bits per heavy atom. The monoisotopic (exact) mass is 227 g/mol. The fourth-order valence-corrected chi connectivity index (χ4v) is 2.02. The van der Waals surface area contributed by atoms with E-state index in [1.165, 1.54) is 0 Å². The molecule has 0 radical (unpaired) electrons. The molecule has 1 aromatic heterocycles. The molecule has 0 unspecified atom stereocenters. The van der Waals surface area contributed by atoms with Crippen molar-refractivity contribution >= 4 is 11.8 Å². The lowest BCUT2D eigenvalue weighted by Crippen LogP contribution is -2.50. The quantitative estimate of drug-likeness (QED) is 0.484. The molecule has 1 saturated carbocycles. The van der Waals surface area contributed by atoms with Crippen molar-refractivity contribution in [1.29, 1.82) is 0 Å². The number of nitrogens with zero attached hydrogens (tertiary/aromatic N) is 2. The lowest BCUT2D eigenvalue weighted by Gasteiger charge is -2.40. The molecule has 0 aromatic carbocycles. The second-order valence-electron chi connectivity index (χ2n) is 3.84. The second-order valence-corrected chi connectivity index (χ2v) is 3.84. The molecule has 0 atom stereocenters. The van der Waals surface area contributed by atoms with E-state index in [0.717, 1.165) is 6.20 Å². The number of aliphatic hydroxyl groups excluding tert-OH is 1. The van der Waals surface area contributed by atoms with Crippen molar-refractivity contribution in [3.63, 3.8) is 0 Å². The van der Waals surface area contributed by atoms with Crippen molar-refractivity contribution in [3.05, 3.63) is 21.9 Å². The van der Waals surface area contributed by atoms with Crippen molar-refractivity contribution in [2.24, 2.45) is 0 Å². The molecule has 1 aromatic rings. The van der Waals surface area contributed by atoms with Crippen LogP contribution in [0.4, 0.5) is 5.82 Å². The predicted octanol–water partition coefficient (Wildman–Crippen LogP) is -0.205. The van der Waals surface area contributed by atoms with Crippen molar-refractivity contribution in [2.45, 2.75) is 24.4 Å². The number of aromatic nitrogens is 2. The number of carbonyl (C=O) groups is 1. The summed E-state index contributed by atoms with van der Waals surface area (Å²) in [5.74, 6) is -1.60. The average molecular weight is 227 g/mol. The number of nitrogens with one attached hydrogen (secondary N) is 1. The molecule has 2 rings (SSSR count). The van der Waals surface area contributed by atoms with Gasteiger partial charge in [0.25, 0.3) is 0 Å². The van der Waals surface area contributed by atoms with Crippen molar-refractivity contribution in [3.8, 4) is 0 Å². The highest BCUT2D eigenvalue weighted by molar-refractivity contribution is 5.84. The SMILES string of the molecule is O=C(O)C1(c2cn[nH]c2[N+](=O)[O-])CC(O)C1. The molecule has 8 heteroatoms. The Bertz CT molecular complexity index is 448. The number of carboxylic acid groups (broad SMARTS) is 1. The first-order valence-corrected chi connectivity index (χ1v) is 4.57. The van der Waals surface area contributed by atoms with Crippen LogP contribution < -0.4 is 0 Å². The van der Waals surface area contributed by atoms with Crippen LogP contribution in [0.15, 0.2) is 6.20 Å². The van der Waals surface area contributed by atoms with Gasteiger partial charge in [-0.3, -0.25) is 4.79 Å². The topological polar surface area (TPSA) is 129 Å². The number of aliphatic carboxylic acids is 1. The summed E-state index contributed by atoms with van der Waals surface area (Å²) < 4.78 is 0. The number of carboxylic acids is 1. The lowest BCUT2D eigenvalue weighted by molar-refractivity contribution is -0.390. The summed E-state index contributed by atoms with van der Waals surface area (Å²) in [7, 11) is 0. The van der Waals surface area contributed by atoms with E-state index in [0.29, 0.717) is 0 Å². The molecule has 8 nitrogen and oxygen atoms in total. The molecule has 1 fully saturated rings. The Kier molecular flexibility index (Phi) is 2.16. The fourth-order valence-electron chi connectivity index (χ4n) is 2.02. The highest BCUT2D eigenvalue weighted by atomic mass is 16.6. The minimum atomic E-state index is -1.38. The fraction of sp³-hybridized carbons (Fsp3) is 0.500. The molecule has 0 spiro atoms. The third kappa shape index (κ3) is 1.27. The van der Waals surface area contributed by atoms with Gasteiger partial charge in [0, 0.05) is 0 Å². The molecular formula is C8H9N3O5. The molecule has 1 heterocycles. The number of nitro groups is 1. The third-order valence-corrected chi connectivity index (χ3v) is 2.89. The van der Waals surface area contributed by atoms with Crippen LogP contribution in [-0.2, 0) is 10.2 Å². The Morgan fingerprint density at radius 2 is 2.31 bits per heavy atom. The molecule has 0 bridgehead atoms. The number of hydrogen-bond donors (Lipinski definition) is 3. The maximum atomic E-state index is 11.1. The van der Waals surface area contributed by atoms with E-state index in [4.69, 9.17) is 5.11 Å². The summed E-state index contributed by atoms with van der Waals surface area (Å²) in [6.07, 6.45) is 0.356. The minimum absolute atomic E-state index is 0.0234. The lowest BCUT2D eigenvalue weighted by atomic mass is 9.63. The van der Waals surface area contributed by atoms with Crippen LogP contribution in [0.1, 0.15) is 18.4 Å². The Hall–Kier alpha value is -1.96. The zero-order chi connectivity index (χ0) is 11.9. The average Bonchev–Trinajstić information content (AvgIpc) is 2.60. The van der Waals surface area contributed by atoms with Crippen LogP contribution in [-0.4, -0.2) is 37.4 Å². The van der Waals surface area contributed by atoms with Gasteiger partial charge in [0.1, 0.15) is 5.41 Å². The highest BCUT2D eigenvalue weighted by Crippen LogP contribution is 2.46. The number of hydrogen-bond acceptors (Lipinski definition) is 5. The first-order valence-electron chi connectivity index (χ1n) is 4.57. The molecule has 0 amide bonds. The van der Waals surface area contributed by atoms with Gasteiger partial charge < -0.3 is 20.3 Å². The van der Waals surface area contributed by atoms with Gasteiger partial charge in [-0.05, 0) is 17.8 Å². The maximum absolute atomic E-state index is 11.1. The molecule has 1 aliphatic carbocycles. The highest BCUT2D eigenvalue weighted by Gasteiger charge is 2.55. The Morgan fingerprint density at radius 1 is 1.69 bits per heavy atom. The van der Waals surface area contributed by atoms with Gasteiger partial charge in [-0.2, -0.15) is 0 Å². The van der Waals surface area contributed by atoms with E-state index in [-0.39, 0.29) is 18.4 Å². The molecule has 1 aliphatic rings. The number of aliphatic hydroxyl groups is 1. The van der Waals surface area contributed by atoms with E-state index >= 15 is 0 Å². The summed E-state index contributed by atoms with van der Waals surface area (Å²) in [5.41, 5.74) is -1.36. The van der Waals surface area contributed by atoms with E-state index in [1.807, 2.05) is 0 Å². The number of rotatable bonds is 3. The molecule has 86 valence electrons. The van der Waals surface area contributed by atoms with Crippen LogP contribution in [0.5, 0.6) is 0 Å².